The van der Waals surface area contributed by atoms with E-state index >= 15 is 0 Å². The van der Waals surface area contributed by atoms with Gasteiger partial charge in [0.05, 0.1) is 19.0 Å². The fraction of sp³-hybridized carbons (Fsp3) is 1.00. The molecule has 0 aromatic rings. The normalized spacial score (nSPS) is 25.1. The van der Waals surface area contributed by atoms with Crippen LogP contribution in [0.15, 0.2) is 0 Å². The number of nitrogens with one attached hydrogen (secondary N) is 1. The van der Waals surface area contributed by atoms with Crippen molar-refractivity contribution >= 4 is 32.7 Å². The molecule has 5 nitrogen and oxygen atoms in total. The molecule has 0 saturated carbocycles. The molecule has 1 aliphatic heterocycles. The summed E-state index contributed by atoms with van der Waals surface area (Å²) in [5, 5.41) is 0. The molecule has 0 aromatic carbocycles. The van der Waals surface area contributed by atoms with E-state index in [1.54, 1.807) is 0 Å². The predicted molar refractivity (Wildman–Crippen MR) is 60.7 cm³/mol. The van der Waals surface area contributed by atoms with Gasteiger partial charge in [-0.05, 0) is 11.0 Å². The smallest absolute Gasteiger partial charge is 0.211 e. The van der Waals surface area contributed by atoms with Crippen molar-refractivity contribution in [3.63, 3.8) is 0 Å². The van der Waals surface area contributed by atoms with Gasteiger partial charge < -0.3 is 4.74 Å². The Balaban J connectivity index is 2.44. The maximum Gasteiger partial charge on any atom is 0.211 e. The topological polar surface area (TPSA) is 58.6 Å². The molecule has 0 aliphatic carbocycles. The van der Waals surface area contributed by atoms with Gasteiger partial charge in [-0.3, -0.25) is 4.72 Å². The van der Waals surface area contributed by atoms with Crippen molar-refractivity contribution < 1.29 is 13.2 Å². The highest BCUT2D eigenvalue weighted by molar-refractivity contribution is 8.67. The minimum Gasteiger partial charge on any atom is -0.374 e. The zero-order chi connectivity index (χ0) is 10.6. The molecule has 0 spiro atoms. The van der Waals surface area contributed by atoms with Crippen LogP contribution in [0.25, 0.3) is 0 Å². The van der Waals surface area contributed by atoms with Crippen molar-refractivity contribution in [1.29, 1.82) is 0 Å². The van der Waals surface area contributed by atoms with Gasteiger partial charge >= 0.3 is 0 Å². The molecule has 0 amide bonds. The molecule has 0 radical (unpaired) electrons. The Labute approximate surface area is 93.6 Å². The van der Waals surface area contributed by atoms with E-state index in [1.165, 1.54) is 21.5 Å². The van der Waals surface area contributed by atoms with Crippen molar-refractivity contribution in [2.24, 2.45) is 0 Å². The van der Waals surface area contributed by atoms with E-state index in [4.69, 9.17) is 4.74 Å². The molecule has 84 valence electrons. The van der Waals surface area contributed by atoms with Gasteiger partial charge in [-0.15, -0.1) is 0 Å². The molecule has 8 heteroatoms. The highest BCUT2D eigenvalue weighted by Gasteiger charge is 2.25. The number of sulfonamides is 1. The van der Waals surface area contributed by atoms with Crippen molar-refractivity contribution in [1.82, 2.24) is 9.03 Å². The van der Waals surface area contributed by atoms with Crippen LogP contribution in [0.4, 0.5) is 0 Å². The quantitative estimate of drug-likeness (QED) is 0.413. The molecule has 1 aliphatic rings. The first-order valence-electron chi connectivity index (χ1n) is 4.14. The molecule has 0 bridgehead atoms. The Kier molecular flexibility index (Phi) is 5.01. The van der Waals surface area contributed by atoms with Gasteiger partial charge in [0.25, 0.3) is 0 Å². The maximum absolute atomic E-state index is 11.2. The lowest BCUT2D eigenvalue weighted by atomic mass is 10.3. The van der Waals surface area contributed by atoms with Crippen LogP contribution in [0, 0.1) is 0 Å². The van der Waals surface area contributed by atoms with Gasteiger partial charge in [0, 0.05) is 19.6 Å². The van der Waals surface area contributed by atoms with Gasteiger partial charge in [0.2, 0.25) is 10.0 Å². The van der Waals surface area contributed by atoms with Crippen LogP contribution < -0.4 is 4.72 Å². The molecule has 0 aromatic heterocycles. The largest absolute Gasteiger partial charge is 0.374 e. The van der Waals surface area contributed by atoms with Crippen molar-refractivity contribution in [3.8, 4) is 0 Å². The fourth-order valence-electron chi connectivity index (χ4n) is 1.25. The predicted octanol–water partition coefficient (Wildman–Crippen LogP) is -0.271. The van der Waals surface area contributed by atoms with Crippen LogP contribution in [0.2, 0.25) is 0 Å². The molecule has 1 N–H and O–H groups in total. The van der Waals surface area contributed by atoms with Crippen molar-refractivity contribution in [3.05, 3.63) is 0 Å². The number of nitrogens with zero attached hydrogens (tertiary/aromatic N) is 1. The monoisotopic (exact) mass is 258 g/mol. The number of rotatable bonds is 4. The Morgan fingerprint density at radius 1 is 1.71 bits per heavy atom. The summed E-state index contributed by atoms with van der Waals surface area (Å²) in [5.74, 6) is 0. The summed E-state index contributed by atoms with van der Waals surface area (Å²) in [5.41, 5.74) is 0. The standard InChI is InChI=1S/C6H14N2O3S3/c1-14(9,10)8-2-3-11-6(5-8)4-7-13-12/h6-7,12H,2-5H2,1H3. The van der Waals surface area contributed by atoms with Crippen LogP contribution >= 0.6 is 22.6 Å². The highest BCUT2D eigenvalue weighted by Crippen LogP contribution is 2.09. The first-order valence-corrected chi connectivity index (χ1v) is 7.85. The number of hydrogen-bond donors (Lipinski definition) is 2. The Morgan fingerprint density at radius 3 is 3.00 bits per heavy atom. The molecule has 1 rings (SSSR count). The van der Waals surface area contributed by atoms with Crippen molar-refractivity contribution in [2.75, 3.05) is 32.5 Å². The van der Waals surface area contributed by atoms with Crippen LogP contribution in [0.3, 0.4) is 0 Å². The Morgan fingerprint density at radius 2 is 2.43 bits per heavy atom. The van der Waals surface area contributed by atoms with Gasteiger partial charge in [0.15, 0.2) is 0 Å². The van der Waals surface area contributed by atoms with Gasteiger partial charge in [-0.1, -0.05) is 11.7 Å². The fourth-order valence-corrected chi connectivity index (χ4v) is 2.57. The molecule has 1 atom stereocenters. The highest BCUT2D eigenvalue weighted by atomic mass is 33.1. The third-order valence-electron chi connectivity index (χ3n) is 1.95. The van der Waals surface area contributed by atoms with Crippen LogP contribution in [-0.4, -0.2) is 51.3 Å². The summed E-state index contributed by atoms with van der Waals surface area (Å²) in [7, 11) is -1.88. The summed E-state index contributed by atoms with van der Waals surface area (Å²) < 4.78 is 32.2. The summed E-state index contributed by atoms with van der Waals surface area (Å²) in [6, 6.07) is 0. The van der Waals surface area contributed by atoms with E-state index in [1.807, 2.05) is 0 Å². The molecule has 1 fully saturated rings. The summed E-state index contributed by atoms with van der Waals surface area (Å²) in [6.45, 7) is 1.92. The molecule has 1 heterocycles. The lowest BCUT2D eigenvalue weighted by Crippen LogP contribution is -2.47. The number of hydrogen-bond acceptors (Lipinski definition) is 6. The second-order valence-corrected chi connectivity index (χ2v) is 6.05. The minimum atomic E-state index is -3.08. The molecule has 1 unspecified atom stereocenters. The van der Waals surface area contributed by atoms with Crippen molar-refractivity contribution in [2.45, 2.75) is 6.10 Å². The van der Waals surface area contributed by atoms with E-state index < -0.39 is 10.0 Å². The first-order chi connectivity index (χ1) is 6.54. The third kappa shape index (κ3) is 3.95. The van der Waals surface area contributed by atoms with E-state index in [0.717, 1.165) is 0 Å². The van der Waals surface area contributed by atoms with Gasteiger partial charge in [-0.2, -0.15) is 4.31 Å². The lowest BCUT2D eigenvalue weighted by Gasteiger charge is -2.30. The number of morpholine rings is 1. The third-order valence-corrected chi connectivity index (χ3v) is 3.90. The molecular formula is C6H14N2O3S3. The second-order valence-electron chi connectivity index (χ2n) is 3.05. The molecule has 1 saturated heterocycles. The minimum absolute atomic E-state index is 0.0851. The Hall–Kier alpha value is 0.530. The zero-order valence-electron chi connectivity index (χ0n) is 7.84. The van der Waals surface area contributed by atoms with E-state index in [-0.39, 0.29) is 6.10 Å². The van der Waals surface area contributed by atoms with Crippen LogP contribution in [0.5, 0.6) is 0 Å². The SMILES string of the molecule is CS(=O)(=O)N1CCOC(CNSS)C1. The van der Waals surface area contributed by atoms with Gasteiger partial charge in [-0.25, -0.2) is 8.42 Å². The zero-order valence-corrected chi connectivity index (χ0v) is 10.4. The van der Waals surface area contributed by atoms with E-state index in [0.29, 0.717) is 26.2 Å². The summed E-state index contributed by atoms with van der Waals surface area (Å²) in [4.78, 5) is 0. The lowest BCUT2D eigenvalue weighted by molar-refractivity contribution is 0.00315. The molecular weight excluding hydrogens is 244 g/mol. The number of thiol groups is 1. The van der Waals surface area contributed by atoms with Crippen LogP contribution in [0.1, 0.15) is 0 Å². The second kappa shape index (κ2) is 5.57. The number of ether oxygens (including phenoxy) is 1. The average molecular weight is 258 g/mol. The van der Waals surface area contributed by atoms with E-state index in [2.05, 4.69) is 16.4 Å². The first kappa shape index (κ1) is 12.6. The summed E-state index contributed by atoms with van der Waals surface area (Å²) >= 11 is 3.92. The van der Waals surface area contributed by atoms with E-state index in [9.17, 15) is 8.42 Å². The van der Waals surface area contributed by atoms with Gasteiger partial charge in [0.1, 0.15) is 0 Å². The maximum atomic E-state index is 11.2. The summed E-state index contributed by atoms with van der Waals surface area (Å²) in [6.07, 6.45) is 1.13. The molecule has 14 heavy (non-hydrogen) atoms. The average Bonchev–Trinajstić information content (AvgIpc) is 2.14. The Bertz CT molecular complexity index is 269. The van der Waals surface area contributed by atoms with Crippen LogP contribution in [-0.2, 0) is 14.8 Å².